The summed E-state index contributed by atoms with van der Waals surface area (Å²) in [4.78, 5) is 4.02. The first kappa shape index (κ1) is 14.0. The van der Waals surface area contributed by atoms with Crippen LogP contribution in [-0.4, -0.2) is 37.0 Å². The predicted molar refractivity (Wildman–Crippen MR) is 71.1 cm³/mol. The van der Waals surface area contributed by atoms with Crippen LogP contribution in [0.15, 0.2) is 18.3 Å². The minimum Gasteiger partial charge on any atom is -0.382 e. The fourth-order valence-corrected chi connectivity index (χ4v) is 3.47. The molecule has 0 spiro atoms. The maximum absolute atomic E-state index is 10.9. The zero-order valence-corrected chi connectivity index (χ0v) is 11.1. The number of hydrogen-bond donors (Lipinski definition) is 2. The molecule has 1 aromatic heterocycles. The molecule has 0 atom stereocenters. The average molecular weight is 273 g/mol. The molecule has 0 amide bonds. The van der Waals surface area contributed by atoms with Gasteiger partial charge >= 0.3 is 0 Å². The van der Waals surface area contributed by atoms with Gasteiger partial charge in [0.15, 0.2) is 0 Å². The van der Waals surface area contributed by atoms with Gasteiger partial charge in [0.05, 0.1) is 5.75 Å². The van der Waals surface area contributed by atoms with Crippen molar-refractivity contribution in [1.29, 1.82) is 5.41 Å². The number of nitrogens with one attached hydrogen (secondary N) is 1. The molecule has 17 heavy (non-hydrogen) atoms. The van der Waals surface area contributed by atoms with Crippen LogP contribution in [0.25, 0.3) is 0 Å². The highest BCUT2D eigenvalue weighted by molar-refractivity contribution is 7.99. The number of aromatic nitrogens is 1. The van der Waals surface area contributed by atoms with E-state index < -0.39 is 9.84 Å². The lowest BCUT2D eigenvalue weighted by molar-refractivity contribution is 0.603. The third kappa shape index (κ3) is 5.18. The van der Waals surface area contributed by atoms with Crippen LogP contribution in [0.3, 0.4) is 0 Å². The quantitative estimate of drug-likeness (QED) is 0.450. The van der Waals surface area contributed by atoms with Crippen molar-refractivity contribution in [3.05, 3.63) is 29.6 Å². The highest BCUT2D eigenvalue weighted by Gasteiger charge is 2.07. The molecule has 0 fully saturated rings. The van der Waals surface area contributed by atoms with E-state index in [-0.39, 0.29) is 11.6 Å². The van der Waals surface area contributed by atoms with Gasteiger partial charge < -0.3 is 5.73 Å². The topological polar surface area (TPSA) is 96.9 Å². The molecular weight excluding hydrogens is 258 g/mol. The number of rotatable bonds is 6. The molecule has 0 saturated heterocycles. The van der Waals surface area contributed by atoms with E-state index in [2.05, 4.69) is 4.98 Å². The van der Waals surface area contributed by atoms with Gasteiger partial charge in [0, 0.05) is 24.0 Å². The van der Waals surface area contributed by atoms with Crippen molar-refractivity contribution >= 4 is 27.4 Å². The second-order valence-corrected chi connectivity index (χ2v) is 6.97. The lowest BCUT2D eigenvalue weighted by Crippen LogP contribution is -2.15. The molecule has 0 bridgehead atoms. The summed E-state index contributed by atoms with van der Waals surface area (Å²) in [5.74, 6) is 1.24. The number of nitrogen functional groups attached to an aromatic ring is 1. The van der Waals surface area contributed by atoms with Gasteiger partial charge in [-0.2, -0.15) is 11.8 Å². The third-order valence-corrected chi connectivity index (χ3v) is 4.21. The molecular formula is C10H15N3O2S2. The zero-order chi connectivity index (χ0) is 12.9. The summed E-state index contributed by atoms with van der Waals surface area (Å²) in [6, 6.07) is 3.62. The van der Waals surface area contributed by atoms with E-state index in [1.54, 1.807) is 12.3 Å². The van der Waals surface area contributed by atoms with E-state index in [0.717, 1.165) is 5.56 Å². The van der Waals surface area contributed by atoms with Crippen LogP contribution < -0.4 is 5.73 Å². The number of thioether (sulfide) groups is 1. The van der Waals surface area contributed by atoms with Crippen LogP contribution in [0.4, 0.5) is 0 Å². The molecule has 0 aliphatic carbocycles. The average Bonchev–Trinajstić information content (AvgIpc) is 2.23. The van der Waals surface area contributed by atoms with Crippen LogP contribution in [0.1, 0.15) is 11.3 Å². The van der Waals surface area contributed by atoms with Crippen molar-refractivity contribution in [2.45, 2.75) is 5.75 Å². The fraction of sp³-hybridized carbons (Fsp3) is 0.400. The van der Waals surface area contributed by atoms with E-state index in [4.69, 9.17) is 11.1 Å². The number of nitrogens with two attached hydrogens (primary N) is 1. The molecule has 1 heterocycles. The van der Waals surface area contributed by atoms with E-state index in [0.29, 0.717) is 17.2 Å². The van der Waals surface area contributed by atoms with Crippen LogP contribution >= 0.6 is 11.8 Å². The Labute approximate surface area is 105 Å². The molecule has 1 aromatic rings. The van der Waals surface area contributed by atoms with Crippen LogP contribution in [0.5, 0.6) is 0 Å². The molecule has 0 unspecified atom stereocenters. The largest absolute Gasteiger partial charge is 0.382 e. The first-order chi connectivity index (χ1) is 7.90. The van der Waals surface area contributed by atoms with Gasteiger partial charge in [-0.25, -0.2) is 8.42 Å². The molecule has 3 N–H and O–H groups in total. The molecule has 94 valence electrons. The Morgan fingerprint density at radius 3 is 2.88 bits per heavy atom. The summed E-state index contributed by atoms with van der Waals surface area (Å²) in [6.07, 6.45) is 2.81. The molecule has 7 heteroatoms. The normalized spacial score (nSPS) is 11.4. The Hall–Kier alpha value is -1.08. The van der Waals surface area contributed by atoms with Crippen molar-refractivity contribution in [3.8, 4) is 0 Å². The lowest BCUT2D eigenvalue weighted by Gasteiger charge is -2.06. The fourth-order valence-electron chi connectivity index (χ4n) is 1.19. The second-order valence-electron chi connectivity index (χ2n) is 3.61. The first-order valence-electron chi connectivity index (χ1n) is 4.94. The second kappa shape index (κ2) is 6.02. The van der Waals surface area contributed by atoms with E-state index in [1.807, 2.05) is 6.07 Å². The molecule has 1 rings (SSSR count). The SMILES string of the molecule is CS(=O)(=O)CCSCc1cccnc1C(=N)N. The summed E-state index contributed by atoms with van der Waals surface area (Å²) < 4.78 is 21.9. The monoisotopic (exact) mass is 273 g/mol. The molecule has 5 nitrogen and oxygen atoms in total. The van der Waals surface area contributed by atoms with Gasteiger partial charge in [-0.1, -0.05) is 6.07 Å². The standard InChI is InChI=1S/C10H15N3O2S2/c1-17(14,15)6-5-16-7-8-3-2-4-13-9(8)10(11)12/h2-4H,5-7H2,1H3,(H3,11,12). The van der Waals surface area contributed by atoms with Crippen molar-refractivity contribution < 1.29 is 8.42 Å². The molecule has 0 saturated carbocycles. The van der Waals surface area contributed by atoms with Crippen molar-refractivity contribution in [2.75, 3.05) is 17.8 Å². The number of amidine groups is 1. The minimum atomic E-state index is -2.91. The highest BCUT2D eigenvalue weighted by Crippen LogP contribution is 2.14. The number of sulfone groups is 1. The minimum absolute atomic E-state index is 0.0655. The Morgan fingerprint density at radius 2 is 2.29 bits per heavy atom. The van der Waals surface area contributed by atoms with Crippen molar-refractivity contribution in [2.24, 2.45) is 5.73 Å². The van der Waals surface area contributed by atoms with E-state index >= 15 is 0 Å². The highest BCUT2D eigenvalue weighted by atomic mass is 32.2. The predicted octanol–water partition coefficient (Wildman–Crippen LogP) is 0.643. The maximum atomic E-state index is 10.9. The van der Waals surface area contributed by atoms with Gasteiger partial charge in [-0.15, -0.1) is 0 Å². The van der Waals surface area contributed by atoms with Gasteiger partial charge in [-0.3, -0.25) is 10.4 Å². The van der Waals surface area contributed by atoms with Crippen molar-refractivity contribution in [3.63, 3.8) is 0 Å². The van der Waals surface area contributed by atoms with Gasteiger partial charge in [0.1, 0.15) is 21.4 Å². The summed E-state index contributed by atoms with van der Waals surface area (Å²) in [7, 11) is -2.91. The summed E-state index contributed by atoms with van der Waals surface area (Å²) >= 11 is 1.49. The Morgan fingerprint density at radius 1 is 1.59 bits per heavy atom. The maximum Gasteiger partial charge on any atom is 0.148 e. The summed E-state index contributed by atoms with van der Waals surface area (Å²) in [6.45, 7) is 0. The summed E-state index contributed by atoms with van der Waals surface area (Å²) in [5.41, 5.74) is 6.74. The van der Waals surface area contributed by atoms with E-state index in [9.17, 15) is 8.42 Å². The number of hydrogen-bond acceptors (Lipinski definition) is 5. The van der Waals surface area contributed by atoms with Crippen LogP contribution in [0.2, 0.25) is 0 Å². The molecule has 0 aliphatic heterocycles. The van der Waals surface area contributed by atoms with Crippen molar-refractivity contribution in [1.82, 2.24) is 4.98 Å². The molecule has 0 radical (unpaired) electrons. The van der Waals surface area contributed by atoms with Crippen LogP contribution in [-0.2, 0) is 15.6 Å². The van der Waals surface area contributed by atoms with Gasteiger partial charge in [0.2, 0.25) is 0 Å². The van der Waals surface area contributed by atoms with E-state index in [1.165, 1.54) is 18.0 Å². The first-order valence-corrected chi connectivity index (χ1v) is 8.15. The summed E-state index contributed by atoms with van der Waals surface area (Å²) in [5, 5.41) is 7.37. The third-order valence-electron chi connectivity index (χ3n) is 2.00. The zero-order valence-electron chi connectivity index (χ0n) is 9.51. The Balaban J connectivity index is 2.55. The Bertz CT molecular complexity index is 500. The van der Waals surface area contributed by atoms with Crippen LogP contribution in [0, 0.1) is 5.41 Å². The molecule has 0 aliphatic rings. The van der Waals surface area contributed by atoms with Gasteiger partial charge in [0.25, 0.3) is 0 Å². The Kier molecular flexibility index (Phi) is 4.95. The number of nitrogens with zero attached hydrogens (tertiary/aromatic N) is 1. The lowest BCUT2D eigenvalue weighted by atomic mass is 10.2. The smallest absolute Gasteiger partial charge is 0.148 e. The molecule has 0 aromatic carbocycles. The number of pyridine rings is 1. The van der Waals surface area contributed by atoms with Gasteiger partial charge in [-0.05, 0) is 11.6 Å².